The van der Waals surface area contributed by atoms with Gasteiger partial charge in [-0.15, -0.1) is 0 Å². The van der Waals surface area contributed by atoms with Gasteiger partial charge in [-0.3, -0.25) is 14.4 Å². The number of aliphatic hydroxyl groups excluding tert-OH is 2. The van der Waals surface area contributed by atoms with Gasteiger partial charge >= 0.3 is 0 Å². The molecule has 0 saturated heterocycles. The molecule has 1 aliphatic rings. The van der Waals surface area contributed by atoms with Crippen LogP contribution in [-0.4, -0.2) is 73.8 Å². The van der Waals surface area contributed by atoms with Crippen LogP contribution in [0.4, 0.5) is 0 Å². The molecule has 3 amide bonds. The molecule has 1 aliphatic carbocycles. The average Bonchev–Trinajstić information content (AvgIpc) is 3.49. The van der Waals surface area contributed by atoms with E-state index in [1.807, 2.05) is 45.0 Å². The van der Waals surface area contributed by atoms with Crippen LogP contribution >= 0.6 is 0 Å². The number of carbonyl (C=O) groups is 3. The lowest BCUT2D eigenvalue weighted by Crippen LogP contribution is -2.58. The summed E-state index contributed by atoms with van der Waals surface area (Å²) in [5.74, 6) is -0.894. The summed E-state index contributed by atoms with van der Waals surface area (Å²) in [4.78, 5) is 47.8. The molecule has 256 valence electrons. The number of amides is 3. The maximum atomic E-state index is 14.0. The van der Waals surface area contributed by atoms with Crippen LogP contribution in [0.3, 0.4) is 0 Å². The van der Waals surface area contributed by atoms with E-state index in [-0.39, 0.29) is 31.1 Å². The second-order valence-corrected chi connectivity index (χ2v) is 14.4. The van der Waals surface area contributed by atoms with Crippen LogP contribution in [-0.2, 0) is 27.2 Å². The molecule has 0 spiro atoms. The van der Waals surface area contributed by atoms with Gasteiger partial charge < -0.3 is 36.9 Å². The highest BCUT2D eigenvalue weighted by Crippen LogP contribution is 2.29. The molecule has 0 aliphatic heterocycles. The average molecular weight is 641 g/mol. The molecule has 1 aromatic carbocycles. The number of H-pyrrole nitrogens is 1. The molecular formula is C35H56N6O5. The molecule has 0 radical (unpaired) electrons. The molecule has 1 saturated carbocycles. The van der Waals surface area contributed by atoms with E-state index < -0.39 is 47.7 Å². The lowest BCUT2D eigenvalue weighted by atomic mass is 9.82. The largest absolute Gasteiger partial charge is 0.390 e. The Morgan fingerprint density at radius 1 is 0.978 bits per heavy atom. The van der Waals surface area contributed by atoms with E-state index >= 15 is 0 Å². The van der Waals surface area contributed by atoms with Gasteiger partial charge in [-0.05, 0) is 51.0 Å². The fourth-order valence-corrected chi connectivity index (χ4v) is 6.17. The standard InChI is InChI=1S/C35H56N6O5/c1-22(2)15-30(42)32(44)27(16-24-9-7-6-8-10-24)40-34(46)29(18-26-20-37-21-38-26)41-33(45)28(39-31(43)19-35(4,5)36)17-25-13-11-23(3)12-14-25/h11-14,20-22,24,27-30,32,42,44H,6-10,15-19,36H2,1-5H3,(H,37,38)(H,39,43)(H,40,46)(H,41,45). The maximum Gasteiger partial charge on any atom is 0.243 e. The zero-order chi connectivity index (χ0) is 33.9. The lowest BCUT2D eigenvalue weighted by Gasteiger charge is -2.34. The van der Waals surface area contributed by atoms with E-state index in [0.29, 0.717) is 24.5 Å². The van der Waals surface area contributed by atoms with E-state index in [1.165, 1.54) is 12.7 Å². The highest BCUT2D eigenvalue weighted by Gasteiger charge is 2.34. The van der Waals surface area contributed by atoms with Crippen molar-refractivity contribution >= 4 is 17.7 Å². The van der Waals surface area contributed by atoms with Crippen LogP contribution in [0.5, 0.6) is 0 Å². The van der Waals surface area contributed by atoms with Gasteiger partial charge in [0.2, 0.25) is 17.7 Å². The molecule has 11 nitrogen and oxygen atoms in total. The summed E-state index contributed by atoms with van der Waals surface area (Å²) >= 11 is 0. The third-order valence-electron chi connectivity index (χ3n) is 8.60. The topological polar surface area (TPSA) is 182 Å². The number of aromatic amines is 1. The minimum absolute atomic E-state index is 0.0160. The number of aliphatic hydroxyl groups is 2. The first-order chi connectivity index (χ1) is 21.7. The first-order valence-electron chi connectivity index (χ1n) is 16.8. The fraction of sp³-hybridized carbons (Fsp3) is 0.657. The Kier molecular flexibility index (Phi) is 14.2. The number of aryl methyl sites for hydroxylation is 1. The molecule has 5 unspecified atom stereocenters. The Bertz CT molecular complexity index is 1220. The molecule has 3 rings (SSSR count). The number of rotatable bonds is 17. The van der Waals surface area contributed by atoms with Crippen molar-refractivity contribution in [1.29, 1.82) is 0 Å². The van der Waals surface area contributed by atoms with Crippen molar-refractivity contribution in [3.8, 4) is 0 Å². The second-order valence-electron chi connectivity index (χ2n) is 14.4. The number of aromatic nitrogens is 2. The van der Waals surface area contributed by atoms with Crippen LogP contribution in [0.1, 0.15) is 95.9 Å². The molecule has 2 aromatic rings. The van der Waals surface area contributed by atoms with Gasteiger partial charge in [-0.1, -0.05) is 75.8 Å². The second kappa shape index (κ2) is 17.6. The summed E-state index contributed by atoms with van der Waals surface area (Å²) in [6.45, 7) is 9.39. The molecular weight excluding hydrogens is 584 g/mol. The monoisotopic (exact) mass is 640 g/mol. The molecule has 1 heterocycles. The number of hydrogen-bond donors (Lipinski definition) is 7. The highest BCUT2D eigenvalue weighted by molar-refractivity contribution is 5.92. The molecule has 8 N–H and O–H groups in total. The van der Waals surface area contributed by atoms with Crippen molar-refractivity contribution in [2.75, 3.05) is 0 Å². The highest BCUT2D eigenvalue weighted by atomic mass is 16.3. The number of nitrogens with one attached hydrogen (secondary N) is 4. The predicted molar refractivity (Wildman–Crippen MR) is 179 cm³/mol. The van der Waals surface area contributed by atoms with Crippen LogP contribution in [0.15, 0.2) is 36.8 Å². The summed E-state index contributed by atoms with van der Waals surface area (Å²) in [6, 6.07) is 4.99. The van der Waals surface area contributed by atoms with Crippen molar-refractivity contribution in [2.24, 2.45) is 17.6 Å². The zero-order valence-electron chi connectivity index (χ0n) is 28.2. The van der Waals surface area contributed by atoms with Crippen LogP contribution in [0, 0.1) is 18.8 Å². The van der Waals surface area contributed by atoms with E-state index in [1.54, 1.807) is 20.0 Å². The van der Waals surface area contributed by atoms with Gasteiger partial charge in [0.05, 0.1) is 18.5 Å². The first-order valence-corrected chi connectivity index (χ1v) is 16.8. The van der Waals surface area contributed by atoms with Crippen LogP contribution in [0.25, 0.3) is 0 Å². The molecule has 11 heteroatoms. The third kappa shape index (κ3) is 12.8. The van der Waals surface area contributed by atoms with Crippen molar-refractivity contribution in [1.82, 2.24) is 25.9 Å². The summed E-state index contributed by atoms with van der Waals surface area (Å²) in [5.41, 5.74) is 7.86. The summed E-state index contributed by atoms with van der Waals surface area (Å²) in [7, 11) is 0. The van der Waals surface area contributed by atoms with E-state index in [2.05, 4.69) is 25.9 Å². The van der Waals surface area contributed by atoms with Gasteiger partial charge in [0.25, 0.3) is 0 Å². The SMILES string of the molecule is Cc1ccc(CC(NC(=O)CC(C)(C)N)C(=O)NC(Cc2cnc[nH]2)C(=O)NC(CC2CCCCC2)C(O)C(O)CC(C)C)cc1. The number of hydrogen-bond acceptors (Lipinski definition) is 7. The van der Waals surface area contributed by atoms with Gasteiger partial charge in [0.15, 0.2) is 0 Å². The number of imidazole rings is 1. The van der Waals surface area contributed by atoms with Crippen LogP contribution in [0.2, 0.25) is 0 Å². The predicted octanol–water partition coefficient (Wildman–Crippen LogP) is 2.82. The Hall–Kier alpha value is -3.28. The Balaban J connectivity index is 1.84. The van der Waals surface area contributed by atoms with Crippen molar-refractivity contribution in [3.05, 3.63) is 53.6 Å². The van der Waals surface area contributed by atoms with Crippen LogP contribution < -0.4 is 21.7 Å². The molecule has 1 aromatic heterocycles. The molecule has 0 bridgehead atoms. The summed E-state index contributed by atoms with van der Waals surface area (Å²) < 4.78 is 0. The lowest BCUT2D eigenvalue weighted by molar-refractivity contribution is -0.133. The zero-order valence-corrected chi connectivity index (χ0v) is 28.2. The number of benzene rings is 1. The normalized spacial score (nSPS) is 17.5. The van der Waals surface area contributed by atoms with Gasteiger partial charge in [-0.2, -0.15) is 0 Å². The van der Waals surface area contributed by atoms with Gasteiger partial charge in [0, 0.05) is 36.7 Å². The van der Waals surface area contributed by atoms with Gasteiger partial charge in [-0.25, -0.2) is 4.98 Å². The molecule has 1 fully saturated rings. The van der Waals surface area contributed by atoms with Crippen molar-refractivity contribution in [2.45, 2.75) is 135 Å². The quantitative estimate of drug-likeness (QED) is 0.139. The molecule has 5 atom stereocenters. The minimum atomic E-state index is -1.16. The minimum Gasteiger partial charge on any atom is -0.390 e. The molecule has 46 heavy (non-hydrogen) atoms. The summed E-state index contributed by atoms with van der Waals surface area (Å²) in [5, 5.41) is 30.8. The van der Waals surface area contributed by atoms with E-state index in [4.69, 9.17) is 5.73 Å². The van der Waals surface area contributed by atoms with Crippen molar-refractivity contribution < 1.29 is 24.6 Å². The Morgan fingerprint density at radius 3 is 2.20 bits per heavy atom. The van der Waals surface area contributed by atoms with Crippen molar-refractivity contribution in [3.63, 3.8) is 0 Å². The van der Waals surface area contributed by atoms with E-state index in [9.17, 15) is 24.6 Å². The summed E-state index contributed by atoms with van der Waals surface area (Å²) in [6.07, 6.45) is 7.58. The third-order valence-corrected chi connectivity index (χ3v) is 8.60. The number of nitrogens with two attached hydrogens (primary N) is 1. The number of nitrogens with zero attached hydrogens (tertiary/aromatic N) is 1. The Labute approximate surface area is 273 Å². The smallest absolute Gasteiger partial charge is 0.243 e. The Morgan fingerprint density at radius 2 is 1.61 bits per heavy atom. The first kappa shape index (κ1) is 37.2. The fourth-order valence-electron chi connectivity index (χ4n) is 6.17. The van der Waals surface area contributed by atoms with E-state index in [0.717, 1.165) is 36.8 Å². The van der Waals surface area contributed by atoms with Gasteiger partial charge in [0.1, 0.15) is 18.2 Å². The maximum absolute atomic E-state index is 14.0. The number of carbonyl (C=O) groups excluding carboxylic acids is 3.